The van der Waals surface area contributed by atoms with Crippen LogP contribution in [0.25, 0.3) is 0 Å². The van der Waals surface area contributed by atoms with Crippen molar-refractivity contribution in [3.63, 3.8) is 0 Å². The summed E-state index contributed by atoms with van der Waals surface area (Å²) in [5, 5.41) is 0. The monoisotopic (exact) mass is 366 g/mol. The van der Waals surface area contributed by atoms with Gasteiger partial charge in [0.25, 0.3) is 0 Å². The Balaban J connectivity index is 2.13. The smallest absolute Gasteiger partial charge is 0.107 e. The first kappa shape index (κ1) is 15.7. The van der Waals surface area contributed by atoms with Gasteiger partial charge in [-0.1, -0.05) is 18.5 Å². The van der Waals surface area contributed by atoms with Gasteiger partial charge in [0.1, 0.15) is 4.34 Å². The lowest BCUT2D eigenvalue weighted by Gasteiger charge is -2.40. The second-order valence-corrected chi connectivity index (χ2v) is 7.60. The van der Waals surface area contributed by atoms with Crippen LogP contribution in [-0.2, 0) is 4.74 Å². The average molecular weight is 368 g/mol. The maximum absolute atomic E-state index is 6.14. The third kappa shape index (κ3) is 3.52. The first-order valence-corrected chi connectivity index (χ1v) is 8.47. The van der Waals surface area contributed by atoms with Gasteiger partial charge in [-0.3, -0.25) is 4.90 Å². The molecule has 3 atom stereocenters. The van der Waals surface area contributed by atoms with E-state index in [9.17, 15) is 0 Å². The Bertz CT molecular complexity index is 409. The number of hydrogen-bond acceptors (Lipinski definition) is 4. The largest absolute Gasteiger partial charge is 0.380 e. The highest BCUT2D eigenvalue weighted by atomic mass is 79.9. The Labute approximate surface area is 132 Å². The Kier molecular flexibility index (Phi) is 5.69. The number of rotatable bonds is 4. The molecule has 108 valence electrons. The van der Waals surface area contributed by atoms with Crippen LogP contribution in [0.15, 0.2) is 10.5 Å². The van der Waals surface area contributed by atoms with Gasteiger partial charge in [-0.15, -0.1) is 11.3 Å². The molecular formula is C13H20BrClN2OS. The van der Waals surface area contributed by atoms with Gasteiger partial charge >= 0.3 is 0 Å². The number of likely N-dealkylation sites (tertiary alicyclic amines) is 1. The van der Waals surface area contributed by atoms with Crippen molar-refractivity contribution >= 4 is 38.9 Å². The van der Waals surface area contributed by atoms with Gasteiger partial charge in [-0.2, -0.15) is 0 Å². The molecule has 0 amide bonds. The number of halogens is 2. The first-order valence-electron chi connectivity index (χ1n) is 6.48. The molecule has 0 aromatic carbocycles. The lowest BCUT2D eigenvalue weighted by atomic mass is 9.94. The number of piperidine rings is 1. The third-order valence-corrected chi connectivity index (χ3v) is 6.46. The minimum absolute atomic E-state index is 0.235. The molecule has 0 bridgehead atoms. The quantitative estimate of drug-likeness (QED) is 0.885. The van der Waals surface area contributed by atoms with Crippen molar-refractivity contribution < 1.29 is 4.74 Å². The highest BCUT2D eigenvalue weighted by Crippen LogP contribution is 2.38. The minimum Gasteiger partial charge on any atom is -0.380 e. The fraction of sp³-hybridized carbons (Fsp3) is 0.692. The second kappa shape index (κ2) is 6.87. The summed E-state index contributed by atoms with van der Waals surface area (Å²) in [6.45, 7) is 4.86. The molecule has 2 rings (SSSR count). The van der Waals surface area contributed by atoms with E-state index >= 15 is 0 Å². The zero-order valence-electron chi connectivity index (χ0n) is 11.2. The van der Waals surface area contributed by atoms with E-state index in [1.54, 1.807) is 18.4 Å². The van der Waals surface area contributed by atoms with Gasteiger partial charge in [0, 0.05) is 29.5 Å². The van der Waals surface area contributed by atoms with Crippen LogP contribution in [0.1, 0.15) is 24.3 Å². The lowest BCUT2D eigenvalue weighted by molar-refractivity contribution is -0.0178. The van der Waals surface area contributed by atoms with Crippen molar-refractivity contribution in [1.29, 1.82) is 0 Å². The van der Waals surface area contributed by atoms with Gasteiger partial charge in [-0.05, 0) is 40.9 Å². The predicted molar refractivity (Wildman–Crippen MR) is 85.0 cm³/mol. The van der Waals surface area contributed by atoms with E-state index in [-0.39, 0.29) is 6.04 Å². The summed E-state index contributed by atoms with van der Waals surface area (Å²) in [5.41, 5.74) is 5.98. The number of methoxy groups -OCH3 is 1. The van der Waals surface area contributed by atoms with E-state index in [1.807, 2.05) is 0 Å². The SMILES string of the molecule is COC1CN(C(CN)c2cc(Br)c(Cl)s2)CCC1C. The van der Waals surface area contributed by atoms with Crippen molar-refractivity contribution in [3.8, 4) is 0 Å². The van der Waals surface area contributed by atoms with E-state index in [2.05, 4.69) is 33.8 Å². The maximum Gasteiger partial charge on any atom is 0.107 e. The van der Waals surface area contributed by atoms with Crippen LogP contribution in [0, 0.1) is 5.92 Å². The summed E-state index contributed by atoms with van der Waals surface area (Å²) in [7, 11) is 1.79. The van der Waals surface area contributed by atoms with Gasteiger partial charge in [0.05, 0.1) is 12.1 Å². The Morgan fingerprint density at radius 2 is 2.42 bits per heavy atom. The zero-order chi connectivity index (χ0) is 14.0. The molecule has 3 nitrogen and oxygen atoms in total. The number of hydrogen-bond donors (Lipinski definition) is 1. The average Bonchev–Trinajstić information content (AvgIpc) is 2.72. The third-order valence-electron chi connectivity index (χ3n) is 3.88. The fourth-order valence-electron chi connectivity index (χ4n) is 2.62. The van der Waals surface area contributed by atoms with Crippen molar-refractivity contribution in [2.45, 2.75) is 25.5 Å². The van der Waals surface area contributed by atoms with E-state index < -0.39 is 0 Å². The van der Waals surface area contributed by atoms with Crippen molar-refractivity contribution in [2.75, 3.05) is 26.7 Å². The minimum atomic E-state index is 0.235. The molecule has 19 heavy (non-hydrogen) atoms. The molecule has 1 aliphatic heterocycles. The van der Waals surface area contributed by atoms with E-state index in [0.29, 0.717) is 18.6 Å². The second-order valence-electron chi connectivity index (χ2n) is 5.06. The molecule has 1 aliphatic rings. The van der Waals surface area contributed by atoms with Crippen LogP contribution in [0.3, 0.4) is 0 Å². The fourth-order valence-corrected chi connectivity index (χ4v) is 4.50. The molecule has 2 N–H and O–H groups in total. The van der Waals surface area contributed by atoms with E-state index in [0.717, 1.165) is 28.3 Å². The van der Waals surface area contributed by atoms with Crippen LogP contribution < -0.4 is 5.73 Å². The molecule has 2 heterocycles. The molecule has 0 saturated carbocycles. The molecule has 1 aromatic rings. The Morgan fingerprint density at radius 3 is 2.95 bits per heavy atom. The summed E-state index contributed by atoms with van der Waals surface area (Å²) < 4.78 is 7.33. The Hall–Kier alpha value is 0.350. The van der Waals surface area contributed by atoms with Gasteiger partial charge in [-0.25, -0.2) is 0 Å². The van der Waals surface area contributed by atoms with Gasteiger partial charge < -0.3 is 10.5 Å². The van der Waals surface area contributed by atoms with Crippen LogP contribution in [0.2, 0.25) is 4.34 Å². The highest BCUT2D eigenvalue weighted by Gasteiger charge is 2.31. The van der Waals surface area contributed by atoms with E-state index in [4.69, 9.17) is 22.1 Å². The molecule has 6 heteroatoms. The molecule has 0 spiro atoms. The first-order chi connectivity index (χ1) is 9.06. The summed E-state index contributed by atoms with van der Waals surface area (Å²) in [5.74, 6) is 0.610. The number of thiophene rings is 1. The summed E-state index contributed by atoms with van der Waals surface area (Å²) in [6.07, 6.45) is 1.44. The Morgan fingerprint density at radius 1 is 1.68 bits per heavy atom. The zero-order valence-corrected chi connectivity index (χ0v) is 14.4. The molecule has 1 aromatic heterocycles. The number of ether oxygens (including phenoxy) is 1. The number of nitrogens with two attached hydrogens (primary N) is 1. The van der Waals surface area contributed by atoms with Gasteiger partial charge in [0.15, 0.2) is 0 Å². The molecule has 1 fully saturated rings. The molecular weight excluding hydrogens is 348 g/mol. The standard InChI is InChI=1S/C13H20BrClN2OS/c1-8-3-4-17(7-11(8)18-2)10(6-16)12-5-9(14)13(15)19-12/h5,8,10-11H,3-4,6-7,16H2,1-2H3. The van der Waals surface area contributed by atoms with Crippen LogP contribution >= 0.6 is 38.9 Å². The van der Waals surface area contributed by atoms with Crippen molar-refractivity contribution in [3.05, 3.63) is 19.8 Å². The van der Waals surface area contributed by atoms with Crippen molar-refractivity contribution in [1.82, 2.24) is 4.90 Å². The predicted octanol–water partition coefficient (Wildman–Crippen LogP) is 3.52. The maximum atomic E-state index is 6.14. The lowest BCUT2D eigenvalue weighted by Crippen LogP contribution is -2.46. The molecule has 0 aliphatic carbocycles. The molecule has 1 saturated heterocycles. The number of nitrogens with zero attached hydrogens (tertiary/aromatic N) is 1. The van der Waals surface area contributed by atoms with Gasteiger partial charge in [0.2, 0.25) is 0 Å². The normalized spacial score (nSPS) is 26.6. The van der Waals surface area contributed by atoms with Crippen LogP contribution in [0.4, 0.5) is 0 Å². The van der Waals surface area contributed by atoms with Crippen LogP contribution in [-0.4, -0.2) is 37.7 Å². The molecule has 3 unspecified atom stereocenters. The highest BCUT2D eigenvalue weighted by molar-refractivity contribution is 9.10. The molecule has 0 radical (unpaired) electrons. The summed E-state index contributed by atoms with van der Waals surface area (Å²) in [6, 6.07) is 2.32. The topological polar surface area (TPSA) is 38.5 Å². The summed E-state index contributed by atoms with van der Waals surface area (Å²) in [4.78, 5) is 3.65. The van der Waals surface area contributed by atoms with Crippen LogP contribution in [0.5, 0.6) is 0 Å². The summed E-state index contributed by atoms with van der Waals surface area (Å²) >= 11 is 11.2. The van der Waals surface area contributed by atoms with Crippen molar-refractivity contribution in [2.24, 2.45) is 11.7 Å². The van der Waals surface area contributed by atoms with E-state index in [1.165, 1.54) is 4.88 Å².